The van der Waals surface area contributed by atoms with E-state index in [0.717, 1.165) is 17.8 Å². The molecule has 0 saturated heterocycles. The van der Waals surface area contributed by atoms with Gasteiger partial charge in [0.25, 0.3) is 0 Å². The van der Waals surface area contributed by atoms with Crippen molar-refractivity contribution >= 4 is 64.8 Å². The fourth-order valence-electron chi connectivity index (χ4n) is 1.65. The summed E-state index contributed by atoms with van der Waals surface area (Å²) in [6.45, 7) is 5.08. The van der Waals surface area contributed by atoms with Crippen molar-refractivity contribution in [1.82, 2.24) is 0 Å². The van der Waals surface area contributed by atoms with Gasteiger partial charge >= 0.3 is 139 Å². The molecule has 0 aromatic heterocycles. The Bertz CT molecular complexity index is 475. The Morgan fingerprint density at radius 2 is 2.12 bits per heavy atom. The van der Waals surface area contributed by atoms with Gasteiger partial charge in [-0.3, -0.25) is 0 Å². The number of benzene rings is 1. The summed E-state index contributed by atoms with van der Waals surface area (Å²) in [6, 6.07) is 7.93. The van der Waals surface area contributed by atoms with E-state index in [4.69, 9.17) is 4.55 Å². The third kappa shape index (κ3) is 4.98. The molecule has 1 rings (SSSR count). The van der Waals surface area contributed by atoms with Gasteiger partial charge in [-0.1, -0.05) is 0 Å². The van der Waals surface area contributed by atoms with Gasteiger partial charge in [-0.2, -0.15) is 0 Å². The third-order valence-corrected chi connectivity index (χ3v) is 7.26. The first-order chi connectivity index (χ1) is 7.84. The van der Waals surface area contributed by atoms with Gasteiger partial charge in [-0.25, -0.2) is 0 Å². The quantitative estimate of drug-likeness (QED) is 0.651. The van der Waals surface area contributed by atoms with E-state index in [1.165, 1.54) is 0 Å². The molecule has 0 bridgehead atoms. The number of aryl methyl sites for hydroxylation is 1. The zero-order chi connectivity index (χ0) is 13.1. The SMILES string of the molecule is CCN(C[CH]([K])S(=O)(=O)O)c1cccc(C)c1. The number of nitrogens with zero attached hydrogens (tertiary/aromatic N) is 1. The fourth-order valence-corrected chi connectivity index (χ4v) is 2.70. The molecule has 0 radical (unpaired) electrons. The van der Waals surface area contributed by atoms with Gasteiger partial charge in [0.15, 0.2) is 0 Å². The Morgan fingerprint density at radius 3 is 2.59 bits per heavy atom. The molecule has 1 atom stereocenters. The summed E-state index contributed by atoms with van der Waals surface area (Å²) in [7, 11) is -3.88. The first kappa shape index (κ1) is 15.6. The maximum atomic E-state index is 11.1. The van der Waals surface area contributed by atoms with E-state index in [0.29, 0.717) is 6.54 Å². The van der Waals surface area contributed by atoms with Crippen LogP contribution in [0.3, 0.4) is 0 Å². The molecule has 0 aliphatic rings. The summed E-state index contributed by atoms with van der Waals surface area (Å²) in [5, 5.41) is 0. The van der Waals surface area contributed by atoms with Gasteiger partial charge in [-0.15, -0.1) is 0 Å². The molecule has 0 amide bonds. The van der Waals surface area contributed by atoms with Gasteiger partial charge in [0.05, 0.1) is 0 Å². The van der Waals surface area contributed by atoms with Crippen molar-refractivity contribution in [3.8, 4) is 0 Å². The molecule has 17 heavy (non-hydrogen) atoms. The molecule has 90 valence electrons. The van der Waals surface area contributed by atoms with Crippen LogP contribution in [0, 0.1) is 6.92 Å². The van der Waals surface area contributed by atoms with E-state index in [2.05, 4.69) is 0 Å². The predicted octanol–water partition coefficient (Wildman–Crippen LogP) is 1.20. The fraction of sp³-hybridized carbons (Fsp3) is 0.455. The van der Waals surface area contributed by atoms with E-state index in [1.54, 1.807) is 0 Å². The third-order valence-electron chi connectivity index (χ3n) is 2.73. The van der Waals surface area contributed by atoms with Crippen LogP contribution in [-0.4, -0.2) is 74.4 Å². The molecule has 1 aromatic carbocycles. The van der Waals surface area contributed by atoms with Crippen molar-refractivity contribution in [2.45, 2.75) is 13.2 Å². The van der Waals surface area contributed by atoms with Crippen molar-refractivity contribution in [3.05, 3.63) is 29.8 Å². The minimum atomic E-state index is -3.88. The van der Waals surface area contributed by atoms with Crippen LogP contribution in [0.5, 0.6) is 0 Å². The topological polar surface area (TPSA) is 57.6 Å². The molecule has 1 N–H and O–H groups in total. The standard InChI is InChI=1S/C11H16NO3S.K/c1-3-12(7-8-16(13,14)15)11-6-4-5-10(2)9-11;/h4-6,8-9H,3,7H2,1-2H3,(H,13,14,15);. The summed E-state index contributed by atoms with van der Waals surface area (Å²) in [6.07, 6.45) is 0. The second-order valence-electron chi connectivity index (χ2n) is 4.20. The zero-order valence-electron chi connectivity index (χ0n) is 10.4. The van der Waals surface area contributed by atoms with Crippen molar-refractivity contribution in [2.75, 3.05) is 18.0 Å². The maximum absolute atomic E-state index is 11.1. The average Bonchev–Trinajstić information content (AvgIpc) is 2.24. The number of hydrogen-bond donors (Lipinski definition) is 1. The van der Waals surface area contributed by atoms with Gasteiger partial charge < -0.3 is 0 Å². The number of hydrogen-bond acceptors (Lipinski definition) is 3. The molecule has 1 unspecified atom stereocenters. The van der Waals surface area contributed by atoms with E-state index in [9.17, 15) is 8.42 Å². The van der Waals surface area contributed by atoms with Gasteiger partial charge in [0.1, 0.15) is 0 Å². The Morgan fingerprint density at radius 1 is 1.47 bits per heavy atom. The van der Waals surface area contributed by atoms with E-state index in [-0.39, 0.29) is 49.0 Å². The second kappa shape index (κ2) is 6.65. The molecule has 1 aromatic rings. The van der Waals surface area contributed by atoms with Crippen LogP contribution in [0.4, 0.5) is 5.69 Å². The summed E-state index contributed by atoms with van der Waals surface area (Å²) < 4.78 is 30.5. The molecule has 6 heteroatoms. The van der Waals surface area contributed by atoms with E-state index in [1.807, 2.05) is 43.0 Å². The molecule has 0 heterocycles. The molecule has 4 nitrogen and oxygen atoms in total. The van der Waals surface area contributed by atoms with Crippen LogP contribution >= 0.6 is 0 Å². The monoisotopic (exact) mass is 281 g/mol. The van der Waals surface area contributed by atoms with Crippen molar-refractivity contribution in [1.29, 1.82) is 0 Å². The van der Waals surface area contributed by atoms with Crippen LogP contribution in [0.1, 0.15) is 12.5 Å². The van der Waals surface area contributed by atoms with Crippen molar-refractivity contribution in [2.24, 2.45) is 0 Å². The Labute approximate surface area is 137 Å². The van der Waals surface area contributed by atoms with Crippen LogP contribution in [0.25, 0.3) is 0 Å². The molecular formula is C11H16KNO3S. The minimum absolute atomic E-state index is 0.0395. The molecule has 0 aliphatic carbocycles. The van der Waals surface area contributed by atoms with Crippen molar-refractivity contribution < 1.29 is 13.0 Å². The summed E-state index contributed by atoms with van der Waals surface area (Å²) >= 11 is 0.0395. The van der Waals surface area contributed by atoms with Crippen molar-refractivity contribution in [3.63, 3.8) is 0 Å². The first-order valence-corrected chi connectivity index (χ1v) is 8.93. The number of anilines is 1. The van der Waals surface area contributed by atoms with Crippen LogP contribution in [-0.2, 0) is 10.1 Å². The molecule has 0 spiro atoms. The van der Waals surface area contributed by atoms with E-state index < -0.39 is 9.46 Å². The second-order valence-corrected chi connectivity index (χ2v) is 9.52. The normalized spacial score (nSPS) is 13.5. The van der Waals surface area contributed by atoms with Gasteiger partial charge in [-0.05, 0) is 0 Å². The number of rotatable bonds is 5. The molecule has 0 fully saturated rings. The molecule has 0 saturated carbocycles. The van der Waals surface area contributed by atoms with Crippen LogP contribution in [0.2, 0.25) is 0 Å². The first-order valence-electron chi connectivity index (χ1n) is 5.62. The summed E-state index contributed by atoms with van der Waals surface area (Å²) in [4.78, 5) is 1.98. The predicted molar refractivity (Wildman–Crippen MR) is 70.2 cm³/mol. The summed E-state index contributed by atoms with van der Waals surface area (Å²) in [5.74, 6) is 0. The van der Waals surface area contributed by atoms with E-state index >= 15 is 0 Å². The Balaban J connectivity index is 2.86. The van der Waals surface area contributed by atoms with Crippen LogP contribution in [0.15, 0.2) is 24.3 Å². The van der Waals surface area contributed by atoms with Gasteiger partial charge in [0.2, 0.25) is 0 Å². The molecular weight excluding hydrogens is 265 g/mol. The van der Waals surface area contributed by atoms with Crippen LogP contribution < -0.4 is 4.90 Å². The zero-order valence-corrected chi connectivity index (χ0v) is 14.4. The van der Waals surface area contributed by atoms with Gasteiger partial charge in [0, 0.05) is 0 Å². The summed E-state index contributed by atoms with van der Waals surface area (Å²) in [5.41, 5.74) is 2.15. The average molecular weight is 281 g/mol. The Kier molecular flexibility index (Phi) is 6.11. The Hall–Kier alpha value is 0.566. The molecule has 0 aliphatic heterocycles.